The van der Waals surface area contributed by atoms with E-state index in [9.17, 15) is 18.0 Å². The third-order valence-corrected chi connectivity index (χ3v) is 6.79. The first-order valence-electron chi connectivity index (χ1n) is 10.3. The number of ether oxygens (including phenoxy) is 2. The maximum atomic E-state index is 12.8. The smallest absolute Gasteiger partial charge is 0.356 e. The van der Waals surface area contributed by atoms with Gasteiger partial charge in [0.05, 0.1) is 38.3 Å². The number of anilines is 1. The maximum absolute atomic E-state index is 12.8. The Morgan fingerprint density at radius 3 is 2.32 bits per heavy atom. The molecule has 0 saturated heterocycles. The standard InChI is InChI=1S/C23H24Cl2N2O6S/c1-5-32-22(29)20-19(26-12-34(30,31)13-9-7-6-8-10-13)17-15(27-20)11-14(24)16(18(17)25)21(28)33-23(2,3)4/h6-11,26-27H,5,12H2,1-4H3. The summed E-state index contributed by atoms with van der Waals surface area (Å²) in [5.41, 5.74) is -0.587. The number of esters is 2. The largest absolute Gasteiger partial charge is 0.461 e. The molecule has 0 unspecified atom stereocenters. The van der Waals surface area contributed by atoms with Crippen molar-refractivity contribution in [2.45, 2.75) is 38.2 Å². The van der Waals surface area contributed by atoms with Gasteiger partial charge in [0.2, 0.25) is 0 Å². The SMILES string of the molecule is CCOC(=O)c1[nH]c2cc(Cl)c(C(=O)OC(C)(C)C)c(Cl)c2c1NCS(=O)(=O)c1ccccc1. The van der Waals surface area contributed by atoms with E-state index in [4.69, 9.17) is 32.7 Å². The summed E-state index contributed by atoms with van der Waals surface area (Å²) in [4.78, 5) is 28.4. The van der Waals surface area contributed by atoms with Crippen LogP contribution < -0.4 is 5.32 Å². The lowest BCUT2D eigenvalue weighted by Crippen LogP contribution is -2.24. The van der Waals surface area contributed by atoms with Crippen molar-refractivity contribution in [1.82, 2.24) is 4.98 Å². The normalized spacial score (nSPS) is 11.9. The van der Waals surface area contributed by atoms with Crippen molar-refractivity contribution in [3.8, 4) is 0 Å². The second-order valence-electron chi connectivity index (χ2n) is 8.32. The van der Waals surface area contributed by atoms with Crippen LogP contribution in [0.3, 0.4) is 0 Å². The molecule has 8 nitrogen and oxygen atoms in total. The molecule has 2 N–H and O–H groups in total. The summed E-state index contributed by atoms with van der Waals surface area (Å²) in [6.07, 6.45) is 0. The van der Waals surface area contributed by atoms with Gasteiger partial charge in [-0.1, -0.05) is 41.4 Å². The van der Waals surface area contributed by atoms with Crippen molar-refractivity contribution in [1.29, 1.82) is 0 Å². The van der Waals surface area contributed by atoms with Gasteiger partial charge in [0.15, 0.2) is 9.84 Å². The summed E-state index contributed by atoms with van der Waals surface area (Å²) in [6, 6.07) is 9.26. The fraction of sp³-hybridized carbons (Fsp3) is 0.304. The molecule has 0 saturated carbocycles. The van der Waals surface area contributed by atoms with E-state index in [1.165, 1.54) is 18.2 Å². The first-order chi connectivity index (χ1) is 15.9. The van der Waals surface area contributed by atoms with E-state index in [0.717, 1.165) is 0 Å². The van der Waals surface area contributed by atoms with Crippen molar-refractivity contribution < 1.29 is 27.5 Å². The summed E-state index contributed by atoms with van der Waals surface area (Å²) in [6.45, 7) is 6.82. The Balaban J connectivity index is 2.15. The predicted octanol–water partition coefficient (Wildman–Crippen LogP) is 5.45. The summed E-state index contributed by atoms with van der Waals surface area (Å²) < 4.78 is 36.2. The van der Waals surface area contributed by atoms with Crippen LogP contribution in [0, 0.1) is 0 Å². The third-order valence-electron chi connectivity index (χ3n) is 4.60. The van der Waals surface area contributed by atoms with Crippen LogP contribution in [0.1, 0.15) is 48.5 Å². The molecule has 3 rings (SSSR count). The highest BCUT2D eigenvalue weighted by Crippen LogP contribution is 2.40. The van der Waals surface area contributed by atoms with Gasteiger partial charge in [-0.2, -0.15) is 0 Å². The fourth-order valence-corrected chi connectivity index (χ4v) is 4.99. The number of hydrogen-bond acceptors (Lipinski definition) is 7. The van der Waals surface area contributed by atoms with Gasteiger partial charge in [0, 0.05) is 5.39 Å². The molecule has 0 bridgehead atoms. The van der Waals surface area contributed by atoms with Crippen LogP contribution in [0.4, 0.5) is 5.69 Å². The number of benzene rings is 2. The van der Waals surface area contributed by atoms with Crippen molar-refractivity contribution in [2.75, 3.05) is 17.8 Å². The minimum atomic E-state index is -3.77. The first-order valence-corrected chi connectivity index (χ1v) is 12.7. The van der Waals surface area contributed by atoms with Crippen LogP contribution in [-0.4, -0.2) is 43.4 Å². The van der Waals surface area contributed by atoms with Gasteiger partial charge >= 0.3 is 11.9 Å². The number of fused-ring (bicyclic) bond motifs is 1. The van der Waals surface area contributed by atoms with E-state index < -0.39 is 33.3 Å². The highest BCUT2D eigenvalue weighted by atomic mass is 35.5. The Morgan fingerprint density at radius 2 is 1.74 bits per heavy atom. The molecule has 1 heterocycles. The van der Waals surface area contributed by atoms with Crippen LogP contribution in [0.25, 0.3) is 10.9 Å². The molecule has 0 aliphatic heterocycles. The molecule has 0 atom stereocenters. The number of sulfone groups is 1. The predicted molar refractivity (Wildman–Crippen MR) is 132 cm³/mol. The Bertz CT molecular complexity index is 1350. The highest BCUT2D eigenvalue weighted by Gasteiger charge is 2.29. The van der Waals surface area contributed by atoms with Crippen molar-refractivity contribution in [3.05, 3.63) is 57.7 Å². The molecule has 0 aliphatic carbocycles. The van der Waals surface area contributed by atoms with E-state index in [1.807, 2.05) is 0 Å². The molecule has 34 heavy (non-hydrogen) atoms. The maximum Gasteiger partial charge on any atom is 0.356 e. The average molecular weight is 527 g/mol. The van der Waals surface area contributed by atoms with Crippen molar-refractivity contribution in [3.63, 3.8) is 0 Å². The van der Waals surface area contributed by atoms with Crippen LogP contribution in [0.15, 0.2) is 41.3 Å². The molecule has 0 fully saturated rings. The van der Waals surface area contributed by atoms with Gasteiger partial charge in [0.25, 0.3) is 0 Å². The van der Waals surface area contributed by atoms with Gasteiger partial charge in [-0.05, 0) is 45.9 Å². The highest BCUT2D eigenvalue weighted by molar-refractivity contribution is 7.91. The second kappa shape index (κ2) is 9.85. The molecule has 11 heteroatoms. The van der Waals surface area contributed by atoms with Gasteiger partial charge in [-0.3, -0.25) is 0 Å². The molecular weight excluding hydrogens is 503 g/mol. The van der Waals surface area contributed by atoms with Gasteiger partial charge < -0.3 is 19.8 Å². The van der Waals surface area contributed by atoms with E-state index in [0.29, 0.717) is 5.52 Å². The Kier molecular flexibility index (Phi) is 7.50. The summed E-state index contributed by atoms with van der Waals surface area (Å²) >= 11 is 12.9. The molecular formula is C23H24Cl2N2O6S. The zero-order chi connectivity index (χ0) is 25.3. The number of carbonyl (C=O) groups is 2. The number of hydrogen-bond donors (Lipinski definition) is 2. The molecule has 3 aromatic rings. The summed E-state index contributed by atoms with van der Waals surface area (Å²) in [5, 5.41) is 2.91. The number of rotatable bonds is 7. The minimum absolute atomic E-state index is 0.00636. The number of nitrogens with one attached hydrogen (secondary N) is 2. The van der Waals surface area contributed by atoms with E-state index in [2.05, 4.69) is 10.3 Å². The molecule has 182 valence electrons. The number of carbonyl (C=O) groups excluding carboxylic acids is 2. The van der Waals surface area contributed by atoms with Gasteiger partial charge in [-0.25, -0.2) is 18.0 Å². The van der Waals surface area contributed by atoms with Crippen molar-refractivity contribution in [2.24, 2.45) is 0 Å². The monoisotopic (exact) mass is 526 g/mol. The minimum Gasteiger partial charge on any atom is -0.461 e. The summed E-state index contributed by atoms with van der Waals surface area (Å²) in [5.74, 6) is -2.03. The molecule has 0 spiro atoms. The number of aromatic nitrogens is 1. The average Bonchev–Trinajstić information content (AvgIpc) is 3.10. The second-order valence-corrected chi connectivity index (χ2v) is 11.1. The molecule has 1 aromatic heterocycles. The van der Waals surface area contributed by atoms with E-state index in [1.54, 1.807) is 45.9 Å². The van der Waals surface area contributed by atoms with Gasteiger partial charge in [-0.15, -0.1) is 0 Å². The molecule has 0 aliphatic rings. The van der Waals surface area contributed by atoms with Crippen LogP contribution in [0.2, 0.25) is 10.0 Å². The van der Waals surface area contributed by atoms with Crippen molar-refractivity contribution >= 4 is 61.6 Å². The lowest BCUT2D eigenvalue weighted by atomic mass is 10.1. The van der Waals surface area contributed by atoms with Crippen LogP contribution >= 0.6 is 23.2 Å². The van der Waals surface area contributed by atoms with Crippen LogP contribution in [0.5, 0.6) is 0 Å². The lowest BCUT2D eigenvalue weighted by Gasteiger charge is -2.20. The molecule has 2 aromatic carbocycles. The topological polar surface area (TPSA) is 115 Å². The third kappa shape index (κ3) is 5.48. The number of halogens is 2. The number of H-pyrrole nitrogens is 1. The Hall–Kier alpha value is -2.75. The van der Waals surface area contributed by atoms with Gasteiger partial charge in [0.1, 0.15) is 17.2 Å². The van der Waals surface area contributed by atoms with Crippen LogP contribution in [-0.2, 0) is 19.3 Å². The fourth-order valence-electron chi connectivity index (χ4n) is 3.21. The molecule has 0 amide bonds. The summed E-state index contributed by atoms with van der Waals surface area (Å²) in [7, 11) is -3.77. The zero-order valence-electron chi connectivity index (χ0n) is 19.0. The lowest BCUT2D eigenvalue weighted by molar-refractivity contribution is 0.00698. The quantitative estimate of drug-likeness (QED) is 0.393. The Morgan fingerprint density at radius 1 is 1.09 bits per heavy atom. The van der Waals surface area contributed by atoms with E-state index in [-0.39, 0.29) is 43.9 Å². The Labute approximate surface area is 207 Å². The molecule has 0 radical (unpaired) electrons. The van der Waals surface area contributed by atoms with E-state index >= 15 is 0 Å². The zero-order valence-corrected chi connectivity index (χ0v) is 21.3. The number of aromatic amines is 1. The first kappa shape index (κ1) is 25.9.